The van der Waals surface area contributed by atoms with Gasteiger partial charge < -0.3 is 5.32 Å². The molecule has 0 bridgehead atoms. The summed E-state index contributed by atoms with van der Waals surface area (Å²) in [5.74, 6) is -0.131. The number of para-hydroxylation sites is 1. The van der Waals surface area contributed by atoms with E-state index in [4.69, 9.17) is 4.98 Å². The minimum atomic E-state index is -0.131. The molecule has 0 aliphatic carbocycles. The highest BCUT2D eigenvalue weighted by molar-refractivity contribution is 6.07. The van der Waals surface area contributed by atoms with Crippen molar-refractivity contribution in [1.82, 2.24) is 29.9 Å². The first kappa shape index (κ1) is 18.9. The van der Waals surface area contributed by atoms with E-state index in [9.17, 15) is 4.79 Å². The highest BCUT2D eigenvalue weighted by atomic mass is 16.1. The number of nitrogens with zero attached hydrogens (tertiary/aromatic N) is 5. The summed E-state index contributed by atoms with van der Waals surface area (Å²) >= 11 is 0. The van der Waals surface area contributed by atoms with Crippen LogP contribution in [0.5, 0.6) is 0 Å². The van der Waals surface area contributed by atoms with E-state index in [0.717, 1.165) is 45.7 Å². The minimum absolute atomic E-state index is 0.131. The summed E-state index contributed by atoms with van der Waals surface area (Å²) in [5.41, 5.74) is 6.02. The molecule has 3 aromatic heterocycles. The Morgan fingerprint density at radius 1 is 1.21 bits per heavy atom. The number of aromatic nitrogens is 5. The van der Waals surface area contributed by atoms with E-state index in [1.165, 1.54) is 0 Å². The van der Waals surface area contributed by atoms with Gasteiger partial charge in [-0.2, -0.15) is 10.2 Å². The van der Waals surface area contributed by atoms with Crippen molar-refractivity contribution in [2.24, 2.45) is 7.05 Å². The third-order valence-corrected chi connectivity index (χ3v) is 5.28. The summed E-state index contributed by atoms with van der Waals surface area (Å²) in [6.07, 6.45) is 3.77. The van der Waals surface area contributed by atoms with Crippen LogP contribution in [0.2, 0.25) is 0 Å². The van der Waals surface area contributed by atoms with Gasteiger partial charge in [-0.3, -0.25) is 14.2 Å². The maximum absolute atomic E-state index is 13.1. The van der Waals surface area contributed by atoms with Crippen LogP contribution in [0, 0.1) is 13.8 Å². The van der Waals surface area contributed by atoms with Gasteiger partial charge in [0.15, 0.2) is 0 Å². The second kappa shape index (κ2) is 7.50. The molecular formula is C22H24N6O. The van der Waals surface area contributed by atoms with Gasteiger partial charge in [0, 0.05) is 48.5 Å². The quantitative estimate of drug-likeness (QED) is 0.568. The van der Waals surface area contributed by atoms with Crippen molar-refractivity contribution >= 4 is 16.8 Å². The molecule has 3 heterocycles. The first-order valence-electron chi connectivity index (χ1n) is 9.67. The van der Waals surface area contributed by atoms with E-state index in [-0.39, 0.29) is 5.91 Å². The Morgan fingerprint density at radius 3 is 2.69 bits per heavy atom. The highest BCUT2D eigenvalue weighted by Crippen LogP contribution is 2.27. The van der Waals surface area contributed by atoms with Crippen LogP contribution in [0.15, 0.2) is 42.7 Å². The normalized spacial score (nSPS) is 11.2. The molecule has 7 heteroatoms. The van der Waals surface area contributed by atoms with Gasteiger partial charge in [0.25, 0.3) is 5.91 Å². The van der Waals surface area contributed by atoms with Gasteiger partial charge in [0.2, 0.25) is 0 Å². The summed E-state index contributed by atoms with van der Waals surface area (Å²) in [4.78, 5) is 17.9. The van der Waals surface area contributed by atoms with Crippen molar-refractivity contribution < 1.29 is 4.79 Å². The number of nitrogens with one attached hydrogen (secondary N) is 1. The van der Waals surface area contributed by atoms with Gasteiger partial charge in [0.05, 0.1) is 28.7 Å². The molecular weight excluding hydrogens is 364 g/mol. The number of pyridine rings is 1. The smallest absolute Gasteiger partial charge is 0.252 e. The Hall–Kier alpha value is -3.48. The van der Waals surface area contributed by atoms with Crippen LogP contribution < -0.4 is 5.32 Å². The summed E-state index contributed by atoms with van der Waals surface area (Å²) < 4.78 is 3.68. The monoisotopic (exact) mass is 388 g/mol. The number of carbonyl (C=O) groups excluding carboxylic acids is 1. The first-order chi connectivity index (χ1) is 14.0. The Kier molecular flexibility index (Phi) is 4.88. The lowest BCUT2D eigenvalue weighted by molar-refractivity contribution is 0.0952. The predicted octanol–water partition coefficient (Wildman–Crippen LogP) is 3.40. The Balaban J connectivity index is 1.73. The molecule has 0 fully saturated rings. The van der Waals surface area contributed by atoms with Gasteiger partial charge in [-0.05, 0) is 32.9 Å². The third-order valence-electron chi connectivity index (χ3n) is 5.28. The van der Waals surface area contributed by atoms with Crippen LogP contribution in [-0.4, -0.2) is 30.5 Å². The summed E-state index contributed by atoms with van der Waals surface area (Å²) in [5, 5.41) is 12.6. The molecule has 29 heavy (non-hydrogen) atoms. The maximum atomic E-state index is 13.1. The fraction of sp³-hybridized carbons (Fsp3) is 0.273. The zero-order chi connectivity index (χ0) is 20.5. The number of amides is 1. The molecule has 0 saturated carbocycles. The Morgan fingerprint density at radius 2 is 2.00 bits per heavy atom. The van der Waals surface area contributed by atoms with Gasteiger partial charge in [0.1, 0.15) is 0 Å². The second-order valence-electron chi connectivity index (χ2n) is 7.12. The van der Waals surface area contributed by atoms with E-state index >= 15 is 0 Å². The lowest BCUT2D eigenvalue weighted by Crippen LogP contribution is -2.23. The minimum Gasteiger partial charge on any atom is -0.348 e. The standard InChI is InChI=1S/C22H24N6O/c1-5-28-13-19(14(2)26-28)21-10-18(17-8-6-7-9-20(17)25-21)22(29)23-11-16-12-24-27(4)15(16)3/h6-10,12-13H,5,11H2,1-4H3,(H,23,29). The third kappa shape index (κ3) is 3.51. The number of aryl methyl sites for hydroxylation is 3. The zero-order valence-electron chi connectivity index (χ0n) is 17.1. The summed E-state index contributed by atoms with van der Waals surface area (Å²) in [7, 11) is 1.89. The van der Waals surface area contributed by atoms with Crippen LogP contribution in [0.3, 0.4) is 0 Å². The van der Waals surface area contributed by atoms with Crippen molar-refractivity contribution in [3.8, 4) is 11.3 Å². The zero-order valence-corrected chi connectivity index (χ0v) is 17.1. The van der Waals surface area contributed by atoms with E-state index in [1.807, 2.05) is 69.0 Å². The number of fused-ring (bicyclic) bond motifs is 1. The summed E-state index contributed by atoms with van der Waals surface area (Å²) in [6.45, 7) is 7.21. The van der Waals surface area contributed by atoms with Gasteiger partial charge in [-0.1, -0.05) is 18.2 Å². The molecule has 4 aromatic rings. The number of rotatable bonds is 5. The molecule has 0 saturated heterocycles. The topological polar surface area (TPSA) is 77.6 Å². The summed E-state index contributed by atoms with van der Waals surface area (Å²) in [6, 6.07) is 9.57. The predicted molar refractivity (Wildman–Crippen MR) is 112 cm³/mol. The second-order valence-corrected chi connectivity index (χ2v) is 7.12. The van der Waals surface area contributed by atoms with Gasteiger partial charge >= 0.3 is 0 Å². The molecule has 1 amide bonds. The Labute approximate surface area is 169 Å². The van der Waals surface area contributed by atoms with Crippen LogP contribution in [-0.2, 0) is 20.1 Å². The average molecular weight is 388 g/mol. The molecule has 7 nitrogen and oxygen atoms in total. The number of hydrogen-bond donors (Lipinski definition) is 1. The van der Waals surface area contributed by atoms with Crippen LogP contribution in [0.25, 0.3) is 22.2 Å². The van der Waals surface area contributed by atoms with E-state index < -0.39 is 0 Å². The SMILES string of the molecule is CCn1cc(-c2cc(C(=O)NCc3cnn(C)c3C)c3ccccc3n2)c(C)n1. The molecule has 148 valence electrons. The molecule has 0 unspecified atom stereocenters. The Bertz CT molecular complexity index is 1200. The first-order valence-corrected chi connectivity index (χ1v) is 9.67. The van der Waals surface area contributed by atoms with Crippen molar-refractivity contribution in [2.45, 2.75) is 33.9 Å². The van der Waals surface area contributed by atoms with Crippen molar-refractivity contribution in [3.63, 3.8) is 0 Å². The van der Waals surface area contributed by atoms with Gasteiger partial charge in [-0.25, -0.2) is 4.98 Å². The lowest BCUT2D eigenvalue weighted by atomic mass is 10.0. The fourth-order valence-corrected chi connectivity index (χ4v) is 3.42. The van der Waals surface area contributed by atoms with Crippen LogP contribution in [0.1, 0.15) is 34.2 Å². The van der Waals surface area contributed by atoms with Gasteiger partial charge in [-0.15, -0.1) is 0 Å². The molecule has 1 N–H and O–H groups in total. The fourth-order valence-electron chi connectivity index (χ4n) is 3.42. The van der Waals surface area contributed by atoms with E-state index in [1.54, 1.807) is 10.9 Å². The van der Waals surface area contributed by atoms with E-state index in [0.29, 0.717) is 12.1 Å². The van der Waals surface area contributed by atoms with Crippen molar-refractivity contribution in [2.75, 3.05) is 0 Å². The largest absolute Gasteiger partial charge is 0.348 e. The molecule has 0 aliphatic rings. The van der Waals surface area contributed by atoms with Crippen LogP contribution >= 0.6 is 0 Å². The number of hydrogen-bond acceptors (Lipinski definition) is 4. The molecule has 0 spiro atoms. The maximum Gasteiger partial charge on any atom is 0.252 e. The van der Waals surface area contributed by atoms with Crippen LogP contribution in [0.4, 0.5) is 0 Å². The molecule has 0 atom stereocenters. The number of benzene rings is 1. The lowest BCUT2D eigenvalue weighted by Gasteiger charge is -2.10. The highest BCUT2D eigenvalue weighted by Gasteiger charge is 2.17. The van der Waals surface area contributed by atoms with Crippen molar-refractivity contribution in [3.05, 3.63) is 65.2 Å². The average Bonchev–Trinajstić information content (AvgIpc) is 3.27. The molecule has 0 aliphatic heterocycles. The molecule has 4 rings (SSSR count). The molecule has 0 radical (unpaired) electrons. The van der Waals surface area contributed by atoms with E-state index in [2.05, 4.69) is 15.5 Å². The number of carbonyl (C=O) groups is 1. The molecule has 1 aromatic carbocycles. The van der Waals surface area contributed by atoms with Crippen molar-refractivity contribution in [1.29, 1.82) is 0 Å².